The molecule has 1 amide bonds. The molecule has 1 aliphatic carbocycles. The van der Waals surface area contributed by atoms with E-state index in [-0.39, 0.29) is 11.7 Å². The van der Waals surface area contributed by atoms with Gasteiger partial charge >= 0.3 is 0 Å². The molecule has 3 rings (SSSR count). The minimum Gasteiger partial charge on any atom is -0.411 e. The van der Waals surface area contributed by atoms with E-state index in [4.69, 9.17) is 4.42 Å². The van der Waals surface area contributed by atoms with Crippen LogP contribution in [0.15, 0.2) is 34.2 Å². The first kappa shape index (κ1) is 16.5. The standard InChI is InChI=1S/C16H17N5O2S/c17-11-16(6-2-1-3-7-16)19-13(22)10-24-15-21-20-14(23-15)12-5-4-8-18-9-12/h4-5,8-9H,1-3,6-7,10H2,(H,19,22). The van der Waals surface area contributed by atoms with Gasteiger partial charge in [-0.3, -0.25) is 9.78 Å². The molecule has 0 saturated heterocycles. The number of amides is 1. The predicted octanol–water partition coefficient (Wildman–Crippen LogP) is 2.57. The Balaban J connectivity index is 1.55. The van der Waals surface area contributed by atoms with Crippen molar-refractivity contribution in [1.29, 1.82) is 5.26 Å². The maximum Gasteiger partial charge on any atom is 0.277 e. The zero-order valence-electron chi connectivity index (χ0n) is 13.1. The molecule has 124 valence electrons. The summed E-state index contributed by atoms with van der Waals surface area (Å²) in [6, 6.07) is 5.88. The fourth-order valence-electron chi connectivity index (χ4n) is 2.72. The maximum atomic E-state index is 12.1. The van der Waals surface area contributed by atoms with E-state index in [0.29, 0.717) is 24.0 Å². The molecule has 7 nitrogen and oxygen atoms in total. The van der Waals surface area contributed by atoms with Crippen LogP contribution < -0.4 is 5.32 Å². The van der Waals surface area contributed by atoms with Crippen molar-refractivity contribution in [3.05, 3.63) is 24.5 Å². The van der Waals surface area contributed by atoms with Crippen LogP contribution in [0.2, 0.25) is 0 Å². The molecule has 0 bridgehead atoms. The Hall–Kier alpha value is -2.40. The van der Waals surface area contributed by atoms with Gasteiger partial charge in [-0.2, -0.15) is 5.26 Å². The average Bonchev–Trinajstić information content (AvgIpc) is 3.11. The monoisotopic (exact) mass is 343 g/mol. The summed E-state index contributed by atoms with van der Waals surface area (Å²) in [4.78, 5) is 16.1. The van der Waals surface area contributed by atoms with E-state index in [2.05, 4.69) is 26.6 Å². The molecule has 24 heavy (non-hydrogen) atoms. The van der Waals surface area contributed by atoms with Crippen molar-refractivity contribution < 1.29 is 9.21 Å². The van der Waals surface area contributed by atoms with Gasteiger partial charge in [0.25, 0.3) is 5.22 Å². The van der Waals surface area contributed by atoms with Crippen LogP contribution in [0, 0.1) is 11.3 Å². The number of carbonyl (C=O) groups is 1. The van der Waals surface area contributed by atoms with E-state index in [1.807, 2.05) is 6.07 Å². The molecule has 1 N–H and O–H groups in total. The fourth-order valence-corrected chi connectivity index (χ4v) is 3.29. The van der Waals surface area contributed by atoms with Crippen LogP contribution in [-0.4, -0.2) is 32.4 Å². The van der Waals surface area contributed by atoms with E-state index in [1.165, 1.54) is 0 Å². The lowest BCUT2D eigenvalue weighted by Crippen LogP contribution is -2.49. The van der Waals surface area contributed by atoms with Gasteiger partial charge in [-0.15, -0.1) is 10.2 Å². The molecule has 1 saturated carbocycles. The van der Waals surface area contributed by atoms with Crippen LogP contribution in [0.1, 0.15) is 32.1 Å². The van der Waals surface area contributed by atoms with Gasteiger partial charge in [0.05, 0.1) is 17.4 Å². The third-order valence-electron chi connectivity index (χ3n) is 3.94. The van der Waals surface area contributed by atoms with Crippen molar-refractivity contribution in [1.82, 2.24) is 20.5 Å². The van der Waals surface area contributed by atoms with E-state index < -0.39 is 5.54 Å². The maximum absolute atomic E-state index is 12.1. The van der Waals surface area contributed by atoms with E-state index >= 15 is 0 Å². The average molecular weight is 343 g/mol. The number of hydrogen-bond donors (Lipinski definition) is 1. The summed E-state index contributed by atoms with van der Waals surface area (Å²) in [7, 11) is 0. The second-order valence-electron chi connectivity index (χ2n) is 5.71. The molecule has 0 radical (unpaired) electrons. The number of aromatic nitrogens is 3. The highest BCUT2D eigenvalue weighted by Crippen LogP contribution is 2.28. The number of hydrogen-bond acceptors (Lipinski definition) is 7. The fraction of sp³-hybridized carbons (Fsp3) is 0.438. The number of nitriles is 1. The van der Waals surface area contributed by atoms with Crippen molar-refractivity contribution in [2.45, 2.75) is 42.9 Å². The minimum absolute atomic E-state index is 0.137. The van der Waals surface area contributed by atoms with E-state index in [1.54, 1.807) is 18.5 Å². The van der Waals surface area contributed by atoms with Crippen LogP contribution in [0.5, 0.6) is 0 Å². The number of pyridine rings is 1. The lowest BCUT2D eigenvalue weighted by molar-refractivity contribution is -0.120. The van der Waals surface area contributed by atoms with Gasteiger partial charge in [0.15, 0.2) is 0 Å². The lowest BCUT2D eigenvalue weighted by atomic mass is 9.83. The summed E-state index contributed by atoms with van der Waals surface area (Å²) in [5.74, 6) is 0.314. The van der Waals surface area contributed by atoms with Crippen molar-refractivity contribution in [2.75, 3.05) is 5.75 Å². The summed E-state index contributed by atoms with van der Waals surface area (Å²) < 4.78 is 5.52. The molecule has 2 aromatic rings. The first-order chi connectivity index (χ1) is 11.7. The summed E-state index contributed by atoms with van der Waals surface area (Å²) in [5, 5.41) is 20.4. The molecule has 1 aliphatic rings. The van der Waals surface area contributed by atoms with Gasteiger partial charge < -0.3 is 9.73 Å². The predicted molar refractivity (Wildman–Crippen MR) is 87.8 cm³/mol. The number of nitrogens with one attached hydrogen (secondary N) is 1. The van der Waals surface area contributed by atoms with E-state index in [0.717, 1.165) is 36.6 Å². The van der Waals surface area contributed by atoms with Crippen molar-refractivity contribution in [3.8, 4) is 17.5 Å². The molecule has 0 aliphatic heterocycles. The van der Waals surface area contributed by atoms with Crippen LogP contribution in [0.25, 0.3) is 11.5 Å². The molecule has 8 heteroatoms. The summed E-state index contributed by atoms with van der Waals surface area (Å²) in [6.45, 7) is 0. The van der Waals surface area contributed by atoms with Crippen molar-refractivity contribution in [2.24, 2.45) is 0 Å². The quantitative estimate of drug-likeness (QED) is 0.832. The zero-order valence-corrected chi connectivity index (χ0v) is 13.9. The lowest BCUT2D eigenvalue weighted by Gasteiger charge is -2.31. The Morgan fingerprint density at radius 1 is 1.38 bits per heavy atom. The van der Waals surface area contributed by atoms with Gasteiger partial charge in [-0.25, -0.2) is 0 Å². The summed E-state index contributed by atoms with van der Waals surface area (Å²) >= 11 is 1.16. The van der Waals surface area contributed by atoms with Gasteiger partial charge in [0, 0.05) is 12.4 Å². The Bertz CT molecular complexity index is 734. The second kappa shape index (κ2) is 7.45. The van der Waals surface area contributed by atoms with Gasteiger partial charge in [0.1, 0.15) is 5.54 Å². The Morgan fingerprint density at radius 2 is 2.21 bits per heavy atom. The van der Waals surface area contributed by atoms with Gasteiger partial charge in [0.2, 0.25) is 11.8 Å². The zero-order chi connectivity index (χ0) is 16.8. The normalized spacial score (nSPS) is 16.3. The molecular formula is C16H17N5O2S. The highest BCUT2D eigenvalue weighted by molar-refractivity contribution is 7.99. The molecule has 1 fully saturated rings. The molecule has 0 unspecified atom stereocenters. The Kier molecular flexibility index (Phi) is 5.11. The second-order valence-corrected chi connectivity index (χ2v) is 6.63. The van der Waals surface area contributed by atoms with Crippen molar-refractivity contribution >= 4 is 17.7 Å². The number of nitrogens with zero attached hydrogens (tertiary/aromatic N) is 4. The van der Waals surface area contributed by atoms with E-state index in [9.17, 15) is 10.1 Å². The number of thioether (sulfide) groups is 1. The molecule has 2 aromatic heterocycles. The first-order valence-electron chi connectivity index (χ1n) is 7.80. The van der Waals surface area contributed by atoms with Crippen LogP contribution in [0.4, 0.5) is 0 Å². The smallest absolute Gasteiger partial charge is 0.277 e. The Labute approximate surface area is 143 Å². The number of carbonyl (C=O) groups excluding carboxylic acids is 1. The molecule has 0 atom stereocenters. The highest BCUT2D eigenvalue weighted by atomic mass is 32.2. The highest BCUT2D eigenvalue weighted by Gasteiger charge is 2.33. The molecular weight excluding hydrogens is 326 g/mol. The Morgan fingerprint density at radius 3 is 2.92 bits per heavy atom. The van der Waals surface area contributed by atoms with Crippen molar-refractivity contribution in [3.63, 3.8) is 0 Å². The first-order valence-corrected chi connectivity index (χ1v) is 8.78. The van der Waals surface area contributed by atoms with Gasteiger partial charge in [-0.1, -0.05) is 31.0 Å². The molecule has 2 heterocycles. The van der Waals surface area contributed by atoms with Crippen LogP contribution in [0.3, 0.4) is 0 Å². The minimum atomic E-state index is -0.717. The number of rotatable bonds is 5. The third-order valence-corrected chi connectivity index (χ3v) is 4.76. The van der Waals surface area contributed by atoms with Gasteiger partial charge in [-0.05, 0) is 25.0 Å². The topological polar surface area (TPSA) is 105 Å². The molecule has 0 aromatic carbocycles. The third kappa shape index (κ3) is 3.92. The molecule has 0 spiro atoms. The summed E-state index contributed by atoms with van der Waals surface area (Å²) in [6.07, 6.45) is 7.78. The SMILES string of the molecule is N#CC1(NC(=O)CSc2nnc(-c3cccnc3)o2)CCCCC1. The van der Waals surface area contributed by atoms with Crippen LogP contribution in [-0.2, 0) is 4.79 Å². The van der Waals surface area contributed by atoms with Crippen LogP contribution >= 0.6 is 11.8 Å². The summed E-state index contributed by atoms with van der Waals surface area (Å²) in [5.41, 5.74) is 0.0120. The largest absolute Gasteiger partial charge is 0.411 e.